The van der Waals surface area contributed by atoms with E-state index in [0.717, 1.165) is 6.07 Å². The second-order valence-electron chi connectivity index (χ2n) is 4.08. The van der Waals surface area contributed by atoms with Crippen molar-refractivity contribution in [3.63, 3.8) is 0 Å². The molecular weight excluding hydrogens is 349 g/mol. The number of carbonyl (C=O) groups is 3. The minimum absolute atomic E-state index is 0.0284. The Bertz CT molecular complexity index is 563. The number of aliphatic carboxylic acids is 1. The summed E-state index contributed by atoms with van der Waals surface area (Å²) < 4.78 is 17.7. The zero-order chi connectivity index (χ0) is 16.0. The van der Waals surface area contributed by atoms with Crippen LogP contribution < -0.4 is 5.32 Å². The Morgan fingerprint density at radius 3 is 2.67 bits per heavy atom. The summed E-state index contributed by atoms with van der Waals surface area (Å²) in [6.07, 6.45) is -0.279. The lowest BCUT2D eigenvalue weighted by molar-refractivity contribution is -0.142. The molecule has 0 saturated heterocycles. The first-order valence-corrected chi connectivity index (χ1v) is 6.70. The van der Waals surface area contributed by atoms with Crippen LogP contribution in [0.1, 0.15) is 23.2 Å². The van der Waals surface area contributed by atoms with Gasteiger partial charge in [-0.3, -0.25) is 9.59 Å². The minimum atomic E-state index is -1.29. The van der Waals surface area contributed by atoms with Gasteiger partial charge in [-0.1, -0.05) is 6.07 Å². The Kier molecular flexibility index (Phi) is 6.29. The summed E-state index contributed by atoms with van der Waals surface area (Å²) in [5, 5.41) is 11.3. The van der Waals surface area contributed by atoms with Gasteiger partial charge in [0.25, 0.3) is 5.91 Å². The molecule has 21 heavy (non-hydrogen) atoms. The number of carboxylic acid groups (broad SMARTS) is 1. The highest BCUT2D eigenvalue weighted by molar-refractivity contribution is 9.10. The van der Waals surface area contributed by atoms with Crippen LogP contribution in [0.4, 0.5) is 4.39 Å². The fraction of sp³-hybridized carbons (Fsp3) is 0.308. The fourth-order valence-corrected chi connectivity index (χ4v) is 1.98. The molecule has 0 radical (unpaired) electrons. The van der Waals surface area contributed by atoms with Gasteiger partial charge in [0.05, 0.1) is 17.1 Å². The summed E-state index contributed by atoms with van der Waals surface area (Å²) in [5.74, 6) is -3.26. The molecule has 0 unspecified atom stereocenters. The highest BCUT2D eigenvalue weighted by Gasteiger charge is 2.23. The summed E-state index contributed by atoms with van der Waals surface area (Å²) >= 11 is 2.92. The van der Waals surface area contributed by atoms with Crippen molar-refractivity contribution in [2.75, 3.05) is 7.11 Å². The van der Waals surface area contributed by atoms with E-state index in [0.29, 0.717) is 0 Å². The zero-order valence-corrected chi connectivity index (χ0v) is 12.6. The van der Waals surface area contributed by atoms with Crippen LogP contribution in [0.3, 0.4) is 0 Å². The Labute approximate surface area is 128 Å². The standard InChI is InChI=1S/C13H13BrFNO5/c1-21-10(17)6-5-9(13(19)20)16-12(18)7-3-2-4-8(15)11(7)14/h2-4,9H,5-6H2,1H3,(H,16,18)(H,19,20)/t9-/m0/s1. The third-order valence-electron chi connectivity index (χ3n) is 2.66. The molecule has 0 heterocycles. The molecule has 1 aromatic rings. The van der Waals surface area contributed by atoms with Gasteiger partial charge < -0.3 is 15.2 Å². The van der Waals surface area contributed by atoms with Gasteiger partial charge in [0.1, 0.15) is 11.9 Å². The van der Waals surface area contributed by atoms with E-state index in [2.05, 4.69) is 26.0 Å². The van der Waals surface area contributed by atoms with Gasteiger partial charge in [-0.15, -0.1) is 0 Å². The monoisotopic (exact) mass is 361 g/mol. The Hall–Kier alpha value is -1.96. The molecule has 0 aliphatic carbocycles. The molecule has 0 aromatic heterocycles. The Morgan fingerprint density at radius 1 is 1.43 bits per heavy atom. The van der Waals surface area contributed by atoms with Crippen LogP contribution in [-0.4, -0.2) is 36.1 Å². The number of carboxylic acids is 1. The van der Waals surface area contributed by atoms with Gasteiger partial charge in [-0.25, -0.2) is 9.18 Å². The first kappa shape index (κ1) is 17.1. The molecule has 0 saturated carbocycles. The van der Waals surface area contributed by atoms with Gasteiger partial charge >= 0.3 is 11.9 Å². The third kappa shape index (κ3) is 4.82. The molecule has 8 heteroatoms. The number of rotatable bonds is 6. The van der Waals surface area contributed by atoms with E-state index in [4.69, 9.17) is 5.11 Å². The number of hydrogen-bond acceptors (Lipinski definition) is 4. The SMILES string of the molecule is COC(=O)CC[C@H](NC(=O)c1cccc(F)c1Br)C(=O)O. The number of halogens is 2. The zero-order valence-electron chi connectivity index (χ0n) is 11.1. The van der Waals surface area contributed by atoms with Crippen LogP contribution in [0.2, 0.25) is 0 Å². The van der Waals surface area contributed by atoms with Crippen LogP contribution in [0.5, 0.6) is 0 Å². The van der Waals surface area contributed by atoms with Crippen molar-refractivity contribution in [2.24, 2.45) is 0 Å². The average Bonchev–Trinajstić information content (AvgIpc) is 2.45. The van der Waals surface area contributed by atoms with E-state index in [1.807, 2.05) is 0 Å². The molecule has 114 valence electrons. The molecule has 0 aliphatic heterocycles. The summed E-state index contributed by atoms with van der Waals surface area (Å²) in [7, 11) is 1.18. The summed E-state index contributed by atoms with van der Waals surface area (Å²) in [4.78, 5) is 34.0. The number of hydrogen-bond donors (Lipinski definition) is 2. The molecule has 1 amide bonds. The van der Waals surface area contributed by atoms with Crippen molar-refractivity contribution in [3.8, 4) is 0 Å². The van der Waals surface area contributed by atoms with Crippen LogP contribution in [0.25, 0.3) is 0 Å². The quantitative estimate of drug-likeness (QED) is 0.752. The maximum atomic E-state index is 13.3. The molecule has 0 bridgehead atoms. The number of benzene rings is 1. The summed E-state index contributed by atoms with van der Waals surface area (Å²) in [6.45, 7) is 0. The van der Waals surface area contributed by atoms with Crippen LogP contribution in [-0.2, 0) is 14.3 Å². The Balaban J connectivity index is 2.79. The van der Waals surface area contributed by atoms with Gasteiger partial charge in [-0.2, -0.15) is 0 Å². The molecule has 0 spiro atoms. The summed E-state index contributed by atoms with van der Waals surface area (Å²) in [6, 6.07) is 2.57. The number of ether oxygens (including phenoxy) is 1. The van der Waals surface area contributed by atoms with E-state index in [1.54, 1.807) is 0 Å². The first-order chi connectivity index (χ1) is 9.86. The predicted octanol–water partition coefficient (Wildman–Crippen LogP) is 1.72. The topological polar surface area (TPSA) is 92.7 Å². The molecule has 2 N–H and O–H groups in total. The van der Waals surface area contributed by atoms with E-state index >= 15 is 0 Å². The van der Waals surface area contributed by atoms with Gasteiger partial charge in [0.15, 0.2) is 0 Å². The lowest BCUT2D eigenvalue weighted by atomic mass is 10.1. The van der Waals surface area contributed by atoms with Crippen molar-refractivity contribution < 1.29 is 28.6 Å². The van der Waals surface area contributed by atoms with Crippen molar-refractivity contribution >= 4 is 33.8 Å². The number of nitrogens with one attached hydrogen (secondary N) is 1. The van der Waals surface area contributed by atoms with E-state index in [9.17, 15) is 18.8 Å². The lowest BCUT2D eigenvalue weighted by Gasteiger charge is -2.14. The predicted molar refractivity (Wildman–Crippen MR) is 74.2 cm³/mol. The third-order valence-corrected chi connectivity index (χ3v) is 3.47. The van der Waals surface area contributed by atoms with E-state index in [-0.39, 0.29) is 22.9 Å². The number of esters is 1. The smallest absolute Gasteiger partial charge is 0.326 e. The van der Waals surface area contributed by atoms with Crippen molar-refractivity contribution in [1.29, 1.82) is 0 Å². The first-order valence-electron chi connectivity index (χ1n) is 5.91. The number of methoxy groups -OCH3 is 1. The van der Waals surface area contributed by atoms with Crippen LogP contribution >= 0.6 is 15.9 Å². The highest BCUT2D eigenvalue weighted by atomic mass is 79.9. The largest absolute Gasteiger partial charge is 0.480 e. The average molecular weight is 362 g/mol. The molecule has 0 fully saturated rings. The molecule has 1 atom stereocenters. The molecule has 0 aliphatic rings. The fourth-order valence-electron chi connectivity index (χ4n) is 1.54. The normalized spacial score (nSPS) is 11.6. The molecule has 1 rings (SSSR count). The number of carbonyl (C=O) groups excluding carboxylic acids is 2. The van der Waals surface area contributed by atoms with Gasteiger partial charge in [0.2, 0.25) is 0 Å². The van der Waals surface area contributed by atoms with E-state index in [1.165, 1.54) is 19.2 Å². The maximum absolute atomic E-state index is 13.3. The van der Waals surface area contributed by atoms with Crippen LogP contribution in [0, 0.1) is 5.82 Å². The molecule has 6 nitrogen and oxygen atoms in total. The second kappa shape index (κ2) is 7.72. The second-order valence-corrected chi connectivity index (χ2v) is 4.87. The minimum Gasteiger partial charge on any atom is -0.480 e. The van der Waals surface area contributed by atoms with Crippen molar-refractivity contribution in [1.82, 2.24) is 5.32 Å². The van der Waals surface area contributed by atoms with Gasteiger partial charge in [0, 0.05) is 6.42 Å². The van der Waals surface area contributed by atoms with Crippen molar-refractivity contribution in [2.45, 2.75) is 18.9 Å². The lowest BCUT2D eigenvalue weighted by Crippen LogP contribution is -2.41. The van der Waals surface area contributed by atoms with E-state index < -0.39 is 29.7 Å². The number of amides is 1. The molecule has 1 aromatic carbocycles. The van der Waals surface area contributed by atoms with Gasteiger partial charge in [-0.05, 0) is 34.5 Å². The molecular formula is C13H13BrFNO5. The highest BCUT2D eigenvalue weighted by Crippen LogP contribution is 2.20. The Morgan fingerprint density at radius 2 is 2.10 bits per heavy atom. The van der Waals surface area contributed by atoms with Crippen molar-refractivity contribution in [3.05, 3.63) is 34.1 Å². The van der Waals surface area contributed by atoms with Crippen LogP contribution in [0.15, 0.2) is 22.7 Å². The maximum Gasteiger partial charge on any atom is 0.326 e. The summed E-state index contributed by atoms with van der Waals surface area (Å²) in [5.41, 5.74) is -0.0284.